The van der Waals surface area contributed by atoms with E-state index in [4.69, 9.17) is 4.74 Å². The first kappa shape index (κ1) is 41.0. The number of hydrogen-bond donors (Lipinski definition) is 2. The lowest BCUT2D eigenvalue weighted by Crippen LogP contribution is -2.42. The number of likely N-dealkylation sites (tertiary alicyclic amines) is 1. The molecule has 1 amide bonds. The molecule has 1 saturated carbocycles. The number of nitrogens with zero attached hydrogens (tertiary/aromatic N) is 1. The van der Waals surface area contributed by atoms with E-state index < -0.39 is 42.8 Å². The molecule has 0 bridgehead atoms. The number of carboxylic acids is 1. The highest BCUT2D eigenvalue weighted by Gasteiger charge is 2.37. The summed E-state index contributed by atoms with van der Waals surface area (Å²) in [5, 5.41) is 11.7. The molecule has 0 radical (unpaired) electrons. The zero-order valence-electron chi connectivity index (χ0n) is 29.5. The monoisotopic (exact) mass is 738 g/mol. The van der Waals surface area contributed by atoms with Crippen LogP contribution in [0, 0.1) is 12.8 Å². The molecule has 2 N–H and O–H groups in total. The van der Waals surface area contributed by atoms with Crippen molar-refractivity contribution in [3.8, 4) is 11.1 Å². The second-order valence-electron chi connectivity index (χ2n) is 13.4. The highest BCUT2D eigenvalue weighted by Crippen LogP contribution is 2.31. The number of aryl methyl sites for hydroxylation is 1. The van der Waals surface area contributed by atoms with Crippen LogP contribution in [0.4, 0.5) is 0 Å². The predicted octanol–water partition coefficient (Wildman–Crippen LogP) is 5.23. The maximum atomic E-state index is 13.5. The Hall–Kier alpha value is -2.45. The van der Waals surface area contributed by atoms with Gasteiger partial charge >= 0.3 is 5.97 Å². The molecular formula is C36H54N2O8S3. The number of ether oxygens (including phenoxy) is 1. The Kier molecular flexibility index (Phi) is 16.1. The van der Waals surface area contributed by atoms with Gasteiger partial charge in [0.15, 0.2) is 9.84 Å². The molecule has 49 heavy (non-hydrogen) atoms. The van der Waals surface area contributed by atoms with E-state index in [0.717, 1.165) is 22.9 Å². The van der Waals surface area contributed by atoms with E-state index in [-0.39, 0.29) is 23.8 Å². The largest absolute Gasteiger partial charge is 0.480 e. The third kappa shape index (κ3) is 13.3. The van der Waals surface area contributed by atoms with Crippen LogP contribution >= 0.6 is 11.8 Å². The van der Waals surface area contributed by atoms with Crippen molar-refractivity contribution in [3.63, 3.8) is 0 Å². The Bertz CT molecular complexity index is 1610. The van der Waals surface area contributed by atoms with Gasteiger partial charge in [0.25, 0.3) is 5.91 Å². The van der Waals surface area contributed by atoms with Crippen molar-refractivity contribution in [1.82, 2.24) is 10.2 Å². The van der Waals surface area contributed by atoms with Gasteiger partial charge in [-0.1, -0.05) is 56.5 Å². The van der Waals surface area contributed by atoms with Crippen LogP contribution in [0.5, 0.6) is 0 Å². The lowest BCUT2D eigenvalue weighted by molar-refractivity contribution is -0.139. The van der Waals surface area contributed by atoms with E-state index in [2.05, 4.69) is 23.4 Å². The SMILES string of the molecule is CCSC.Cc1ccccc1-c1cc(CN2CC(S(C)(=O)=O)C[C@H]2COCC2CCCCC2)ccc1C(=O)NC(CCS(C)(=O)=O)C(=O)O. The normalized spacial score (nSPS) is 19.5. The van der Waals surface area contributed by atoms with E-state index in [9.17, 15) is 31.5 Å². The molecular weight excluding hydrogens is 685 g/mol. The Morgan fingerprint density at radius 3 is 2.29 bits per heavy atom. The van der Waals surface area contributed by atoms with Gasteiger partial charge in [0.05, 0.1) is 17.6 Å². The quantitative estimate of drug-likeness (QED) is 0.249. The van der Waals surface area contributed by atoms with Gasteiger partial charge in [0, 0.05) is 43.8 Å². The zero-order chi connectivity index (χ0) is 36.2. The van der Waals surface area contributed by atoms with Crippen LogP contribution in [0.25, 0.3) is 11.1 Å². The van der Waals surface area contributed by atoms with Crippen LogP contribution in [-0.4, -0.2) is 106 Å². The average molecular weight is 739 g/mol. The van der Waals surface area contributed by atoms with Crippen molar-refractivity contribution in [2.24, 2.45) is 5.92 Å². The van der Waals surface area contributed by atoms with Crippen LogP contribution in [-0.2, 0) is 35.8 Å². The Balaban J connectivity index is 0.00000154. The van der Waals surface area contributed by atoms with Crippen molar-refractivity contribution in [3.05, 3.63) is 59.2 Å². The van der Waals surface area contributed by atoms with Crippen molar-refractivity contribution in [2.75, 3.05) is 50.0 Å². The highest BCUT2D eigenvalue weighted by atomic mass is 32.2. The number of thioether (sulfide) groups is 1. The number of hydrogen-bond acceptors (Lipinski definition) is 9. The third-order valence-corrected chi connectivity index (χ3v) is 12.4. The number of aliphatic carboxylic acids is 1. The first-order valence-corrected chi connectivity index (χ1v) is 22.4. The van der Waals surface area contributed by atoms with Gasteiger partial charge in [-0.3, -0.25) is 9.69 Å². The van der Waals surface area contributed by atoms with E-state index in [1.807, 2.05) is 49.0 Å². The lowest BCUT2D eigenvalue weighted by atomic mass is 9.90. The van der Waals surface area contributed by atoms with Gasteiger partial charge < -0.3 is 15.2 Å². The van der Waals surface area contributed by atoms with Crippen molar-refractivity contribution < 1.29 is 36.3 Å². The summed E-state index contributed by atoms with van der Waals surface area (Å²) in [6.07, 6.45) is 10.7. The Morgan fingerprint density at radius 1 is 1.02 bits per heavy atom. The van der Waals surface area contributed by atoms with Crippen LogP contribution in [0.1, 0.15) is 73.4 Å². The van der Waals surface area contributed by atoms with E-state index >= 15 is 0 Å². The minimum Gasteiger partial charge on any atom is -0.480 e. The van der Waals surface area contributed by atoms with Crippen LogP contribution < -0.4 is 5.32 Å². The predicted molar refractivity (Wildman–Crippen MR) is 199 cm³/mol. The summed E-state index contributed by atoms with van der Waals surface area (Å²) in [5.41, 5.74) is 3.47. The van der Waals surface area contributed by atoms with Gasteiger partial charge in [-0.2, -0.15) is 11.8 Å². The van der Waals surface area contributed by atoms with E-state index in [1.54, 1.807) is 12.1 Å². The zero-order valence-corrected chi connectivity index (χ0v) is 32.0. The van der Waals surface area contributed by atoms with Crippen LogP contribution in [0.15, 0.2) is 42.5 Å². The summed E-state index contributed by atoms with van der Waals surface area (Å²) >= 11 is 1.86. The summed E-state index contributed by atoms with van der Waals surface area (Å²) in [7, 11) is -6.67. The molecule has 2 fully saturated rings. The molecule has 274 valence electrons. The molecule has 1 aliphatic heterocycles. The number of benzene rings is 2. The molecule has 13 heteroatoms. The fraction of sp³-hybridized carbons (Fsp3) is 0.611. The molecule has 3 atom stereocenters. The molecule has 0 aromatic heterocycles. The van der Waals surface area contributed by atoms with Crippen molar-refractivity contribution >= 4 is 43.3 Å². The smallest absolute Gasteiger partial charge is 0.326 e. The number of rotatable bonds is 15. The van der Waals surface area contributed by atoms with Gasteiger partial charge in [0.1, 0.15) is 15.9 Å². The first-order chi connectivity index (χ1) is 23.1. The van der Waals surface area contributed by atoms with Crippen molar-refractivity contribution in [1.29, 1.82) is 0 Å². The number of carbonyl (C=O) groups excluding carboxylic acids is 1. The lowest BCUT2D eigenvalue weighted by Gasteiger charge is -2.27. The fourth-order valence-corrected chi connectivity index (χ4v) is 8.08. The summed E-state index contributed by atoms with van der Waals surface area (Å²) in [5.74, 6) is -0.508. The fourth-order valence-electron chi connectivity index (χ4n) is 6.39. The first-order valence-electron chi connectivity index (χ1n) is 17.0. The summed E-state index contributed by atoms with van der Waals surface area (Å²) in [6, 6.07) is 11.5. The molecule has 2 aromatic rings. The van der Waals surface area contributed by atoms with Gasteiger partial charge in [-0.15, -0.1) is 0 Å². The number of carbonyl (C=O) groups is 2. The second kappa shape index (κ2) is 19.2. The summed E-state index contributed by atoms with van der Waals surface area (Å²) in [4.78, 5) is 27.5. The number of nitrogens with one attached hydrogen (secondary N) is 1. The van der Waals surface area contributed by atoms with Gasteiger partial charge in [0.2, 0.25) is 0 Å². The number of sulfone groups is 2. The highest BCUT2D eigenvalue weighted by molar-refractivity contribution is 7.98. The molecule has 1 heterocycles. The van der Waals surface area contributed by atoms with E-state index in [0.29, 0.717) is 44.2 Å². The summed E-state index contributed by atoms with van der Waals surface area (Å²) in [6.45, 7) is 6.06. The van der Waals surface area contributed by atoms with Gasteiger partial charge in [-0.05, 0) is 84.9 Å². The van der Waals surface area contributed by atoms with Crippen molar-refractivity contribution in [2.45, 2.75) is 82.7 Å². The maximum absolute atomic E-state index is 13.5. The van der Waals surface area contributed by atoms with E-state index in [1.165, 1.54) is 44.1 Å². The molecule has 2 aliphatic rings. The van der Waals surface area contributed by atoms with Crippen LogP contribution in [0.2, 0.25) is 0 Å². The van der Waals surface area contributed by atoms with Gasteiger partial charge in [-0.25, -0.2) is 21.6 Å². The van der Waals surface area contributed by atoms with Crippen LogP contribution in [0.3, 0.4) is 0 Å². The third-order valence-electron chi connectivity index (χ3n) is 9.30. The molecule has 1 aliphatic carbocycles. The second-order valence-corrected chi connectivity index (χ2v) is 19.1. The molecule has 0 spiro atoms. The molecule has 10 nitrogen and oxygen atoms in total. The molecule has 1 saturated heterocycles. The Morgan fingerprint density at radius 2 is 1.69 bits per heavy atom. The number of amides is 1. The number of carboxylic acid groups (broad SMARTS) is 1. The standard InChI is InChI=1S/C33H46N2O8S2.C3H8S/c1-23-9-7-8-12-28(23)30-17-25(13-14-29(30)32(36)34-31(33(37)38)15-16-44(2,39)40)19-35-20-27(45(3,41)42)18-26(35)22-43-21-24-10-5-4-6-11-24;1-3-4-2/h7-9,12-14,17,24,26-27,31H,4-6,10-11,15-16,18-22H2,1-3H3,(H,34,36)(H,37,38);3H2,1-2H3/t26-,27?,31?;/m0./s1. The molecule has 2 aromatic carbocycles. The average Bonchev–Trinajstić information content (AvgIpc) is 3.46. The minimum absolute atomic E-state index is 0.0654. The molecule has 4 rings (SSSR count). The molecule has 2 unspecified atom stereocenters. The summed E-state index contributed by atoms with van der Waals surface area (Å²) < 4.78 is 54.6. The minimum atomic E-state index is -3.42. The Labute approximate surface area is 297 Å². The topological polar surface area (TPSA) is 147 Å². The maximum Gasteiger partial charge on any atom is 0.326 e.